The van der Waals surface area contributed by atoms with Gasteiger partial charge in [-0.15, -0.1) is 0 Å². The summed E-state index contributed by atoms with van der Waals surface area (Å²) in [5.41, 5.74) is 0. The van der Waals surface area contributed by atoms with Gasteiger partial charge in [0, 0.05) is 18.9 Å². The van der Waals surface area contributed by atoms with E-state index in [0.29, 0.717) is 18.8 Å². The van der Waals surface area contributed by atoms with E-state index in [0.717, 1.165) is 6.42 Å². The van der Waals surface area contributed by atoms with Gasteiger partial charge < -0.3 is 10.1 Å². The number of amides is 1. The lowest BCUT2D eigenvalue weighted by atomic mass is 9.99. The first-order valence-electron chi connectivity index (χ1n) is 5.35. The summed E-state index contributed by atoms with van der Waals surface area (Å²) in [4.78, 5) is 22.3. The molecule has 0 rings (SSSR count). The van der Waals surface area contributed by atoms with Crippen LogP contribution >= 0.6 is 0 Å². The predicted octanol–water partition coefficient (Wildman–Crippen LogP) is 2.13. The van der Waals surface area contributed by atoms with E-state index < -0.39 is 6.09 Å². The molecule has 4 heteroatoms. The van der Waals surface area contributed by atoms with Crippen molar-refractivity contribution in [3.05, 3.63) is 0 Å². The minimum atomic E-state index is -0.468. The zero-order valence-electron chi connectivity index (χ0n) is 10.0. The summed E-state index contributed by atoms with van der Waals surface area (Å²) in [5, 5.41) is 2.68. The van der Waals surface area contributed by atoms with E-state index in [1.165, 1.54) is 7.11 Å². The summed E-state index contributed by atoms with van der Waals surface area (Å²) in [6.45, 7) is 5.94. The maximum absolute atomic E-state index is 11.3. The highest BCUT2D eigenvalue weighted by molar-refractivity contribution is 5.79. The maximum atomic E-state index is 11.3. The molecule has 0 heterocycles. The van der Waals surface area contributed by atoms with Gasteiger partial charge in [0.15, 0.2) is 0 Å². The summed E-state index contributed by atoms with van der Waals surface area (Å²) < 4.78 is 4.52. The molecule has 0 bridgehead atoms. The van der Waals surface area contributed by atoms with Crippen molar-refractivity contribution in [2.75, 3.05) is 7.11 Å². The van der Waals surface area contributed by atoms with Crippen molar-refractivity contribution < 1.29 is 14.3 Å². The zero-order valence-corrected chi connectivity index (χ0v) is 10.0. The summed E-state index contributed by atoms with van der Waals surface area (Å²) in [5.74, 6) is 0.605. The molecule has 0 spiro atoms. The number of rotatable bonds is 6. The molecular weight excluding hydrogens is 194 g/mol. The van der Waals surface area contributed by atoms with E-state index in [2.05, 4.69) is 23.9 Å². The molecule has 4 nitrogen and oxygen atoms in total. The Bertz CT molecular complexity index is 196. The Morgan fingerprint density at radius 3 is 2.33 bits per heavy atom. The highest BCUT2D eigenvalue weighted by Gasteiger charge is 2.16. The normalized spacial score (nSPS) is 12.3. The van der Waals surface area contributed by atoms with Gasteiger partial charge in [0.1, 0.15) is 5.78 Å². The highest BCUT2D eigenvalue weighted by Crippen LogP contribution is 2.09. The van der Waals surface area contributed by atoms with Gasteiger partial charge in [0.2, 0.25) is 0 Å². The Balaban J connectivity index is 4.17. The number of Topliss-reactive ketones (excluding diaryl/α,β-unsaturated/α-hetero) is 1. The lowest BCUT2D eigenvalue weighted by Gasteiger charge is -2.18. The predicted molar refractivity (Wildman–Crippen MR) is 58.7 cm³/mol. The molecule has 0 aliphatic rings. The summed E-state index contributed by atoms with van der Waals surface area (Å²) in [6.07, 6.45) is 1.23. The topological polar surface area (TPSA) is 55.4 Å². The van der Waals surface area contributed by atoms with E-state index in [9.17, 15) is 9.59 Å². The summed E-state index contributed by atoms with van der Waals surface area (Å²) in [7, 11) is 1.32. The second-order valence-electron chi connectivity index (χ2n) is 4.06. The van der Waals surface area contributed by atoms with Crippen LogP contribution in [0.3, 0.4) is 0 Å². The van der Waals surface area contributed by atoms with Crippen LogP contribution in [0.4, 0.5) is 4.79 Å². The van der Waals surface area contributed by atoms with Gasteiger partial charge in [-0.2, -0.15) is 0 Å². The van der Waals surface area contributed by atoms with Crippen LogP contribution < -0.4 is 5.32 Å². The van der Waals surface area contributed by atoms with E-state index >= 15 is 0 Å². The molecule has 88 valence electrons. The van der Waals surface area contributed by atoms with E-state index in [1.807, 2.05) is 6.92 Å². The Morgan fingerprint density at radius 1 is 1.33 bits per heavy atom. The highest BCUT2D eigenvalue weighted by atomic mass is 16.5. The molecule has 0 aromatic heterocycles. The second kappa shape index (κ2) is 7.26. The Morgan fingerprint density at radius 2 is 1.93 bits per heavy atom. The Labute approximate surface area is 91.4 Å². The van der Waals surface area contributed by atoms with Crippen LogP contribution in [0.25, 0.3) is 0 Å². The van der Waals surface area contributed by atoms with Crippen LogP contribution in [0, 0.1) is 5.92 Å². The van der Waals surface area contributed by atoms with Gasteiger partial charge in [-0.1, -0.05) is 20.8 Å². The number of carbonyl (C=O) groups excluding carboxylic acids is 2. The van der Waals surface area contributed by atoms with Crippen molar-refractivity contribution in [2.24, 2.45) is 5.92 Å². The lowest BCUT2D eigenvalue weighted by molar-refractivity contribution is -0.119. The van der Waals surface area contributed by atoms with Gasteiger partial charge in [0.05, 0.1) is 7.11 Å². The molecule has 0 aliphatic heterocycles. The van der Waals surface area contributed by atoms with Crippen LogP contribution in [0.15, 0.2) is 0 Å². The zero-order chi connectivity index (χ0) is 11.8. The molecule has 1 amide bonds. The molecule has 0 radical (unpaired) electrons. The number of ether oxygens (including phenoxy) is 1. The Hall–Kier alpha value is -1.06. The van der Waals surface area contributed by atoms with Crippen molar-refractivity contribution >= 4 is 11.9 Å². The SMILES string of the molecule is CCC(=O)C[C@@H](CC(C)C)NC(=O)OC. The molecule has 0 aromatic carbocycles. The minimum Gasteiger partial charge on any atom is -0.453 e. The van der Waals surface area contributed by atoms with Gasteiger partial charge in [0.25, 0.3) is 0 Å². The number of nitrogens with one attached hydrogen (secondary N) is 1. The van der Waals surface area contributed by atoms with Crippen LogP contribution in [0.2, 0.25) is 0 Å². The third-order valence-corrected chi connectivity index (χ3v) is 2.13. The quantitative estimate of drug-likeness (QED) is 0.738. The van der Waals surface area contributed by atoms with Gasteiger partial charge in [-0.3, -0.25) is 4.79 Å². The fourth-order valence-electron chi connectivity index (χ4n) is 1.41. The number of hydrogen-bond donors (Lipinski definition) is 1. The van der Waals surface area contributed by atoms with Crippen LogP contribution in [-0.2, 0) is 9.53 Å². The molecule has 15 heavy (non-hydrogen) atoms. The van der Waals surface area contributed by atoms with Crippen LogP contribution in [0.1, 0.15) is 40.0 Å². The van der Waals surface area contributed by atoms with Gasteiger partial charge >= 0.3 is 6.09 Å². The van der Waals surface area contributed by atoms with Gasteiger partial charge in [-0.25, -0.2) is 4.79 Å². The molecule has 0 saturated carbocycles. The van der Waals surface area contributed by atoms with Gasteiger partial charge in [-0.05, 0) is 12.3 Å². The fraction of sp³-hybridized carbons (Fsp3) is 0.818. The monoisotopic (exact) mass is 215 g/mol. The first kappa shape index (κ1) is 13.9. The molecule has 0 fully saturated rings. The van der Waals surface area contributed by atoms with Crippen molar-refractivity contribution in [3.63, 3.8) is 0 Å². The maximum Gasteiger partial charge on any atom is 0.407 e. The number of methoxy groups -OCH3 is 1. The average molecular weight is 215 g/mol. The lowest BCUT2D eigenvalue weighted by Crippen LogP contribution is -2.37. The first-order chi connectivity index (χ1) is 6.99. The van der Waals surface area contributed by atoms with E-state index in [1.54, 1.807) is 0 Å². The van der Waals surface area contributed by atoms with E-state index in [4.69, 9.17) is 0 Å². The summed E-state index contributed by atoms with van der Waals surface area (Å²) >= 11 is 0. The third kappa shape index (κ3) is 6.94. The number of alkyl carbamates (subject to hydrolysis) is 1. The van der Waals surface area contributed by atoms with Crippen molar-refractivity contribution in [2.45, 2.75) is 46.1 Å². The molecule has 1 atom stereocenters. The van der Waals surface area contributed by atoms with Crippen molar-refractivity contribution in [3.8, 4) is 0 Å². The largest absolute Gasteiger partial charge is 0.453 e. The molecule has 0 aliphatic carbocycles. The van der Waals surface area contributed by atoms with Crippen molar-refractivity contribution in [1.82, 2.24) is 5.32 Å². The standard InChI is InChI=1S/C11H21NO3/c1-5-10(13)7-9(6-8(2)3)12-11(14)15-4/h8-9H,5-7H2,1-4H3,(H,12,14)/t9-/m1/s1. The van der Waals surface area contributed by atoms with Crippen LogP contribution in [0.5, 0.6) is 0 Å². The Kier molecular flexibility index (Phi) is 6.75. The molecule has 0 saturated heterocycles. The van der Waals surface area contributed by atoms with Crippen LogP contribution in [-0.4, -0.2) is 25.0 Å². The third-order valence-electron chi connectivity index (χ3n) is 2.13. The molecule has 1 N–H and O–H groups in total. The smallest absolute Gasteiger partial charge is 0.407 e. The summed E-state index contributed by atoms with van der Waals surface area (Å²) in [6, 6.07) is -0.107. The second-order valence-corrected chi connectivity index (χ2v) is 4.06. The van der Waals surface area contributed by atoms with E-state index in [-0.39, 0.29) is 11.8 Å². The molecule has 0 unspecified atom stereocenters. The number of carbonyl (C=O) groups is 2. The fourth-order valence-corrected chi connectivity index (χ4v) is 1.41. The molecule has 0 aromatic rings. The first-order valence-corrected chi connectivity index (χ1v) is 5.35. The number of ketones is 1. The minimum absolute atomic E-state index is 0.107. The average Bonchev–Trinajstić information content (AvgIpc) is 2.16. The molecular formula is C11H21NO3. The van der Waals surface area contributed by atoms with Crippen molar-refractivity contribution in [1.29, 1.82) is 0 Å². The number of hydrogen-bond acceptors (Lipinski definition) is 3.